The van der Waals surface area contributed by atoms with Gasteiger partial charge in [-0.3, -0.25) is 19.6 Å². The van der Waals surface area contributed by atoms with Crippen molar-refractivity contribution >= 4 is 43.6 Å². The highest BCUT2D eigenvalue weighted by Crippen LogP contribution is 2.49. The second kappa shape index (κ2) is 6.26. The zero-order valence-electron chi connectivity index (χ0n) is 11.2. The summed E-state index contributed by atoms with van der Waals surface area (Å²) in [6, 6.07) is 5.91. The minimum Gasteiger partial charge on any atom is -0.298 e. The van der Waals surface area contributed by atoms with Gasteiger partial charge in [0.05, 0.1) is 11.7 Å². The standard InChI is InChI=1S/C13H16BrN3OS2/c1-3-20(15,12-9(2)5-4-6-10(12)14)17-13(18)11-7-16-8-19-11/h4-8H,3,15H2,1-2H3,(H,17,18). The number of nitrogens with two attached hydrogens (primary N) is 1. The second-order valence-corrected chi connectivity index (χ2v) is 8.78. The lowest BCUT2D eigenvalue weighted by molar-refractivity contribution is 0.0986. The first-order chi connectivity index (χ1) is 9.48. The lowest BCUT2D eigenvalue weighted by Crippen LogP contribution is -2.35. The summed E-state index contributed by atoms with van der Waals surface area (Å²) in [6.07, 6.45) is 1.56. The van der Waals surface area contributed by atoms with Crippen LogP contribution in [0.4, 0.5) is 0 Å². The predicted octanol–water partition coefficient (Wildman–Crippen LogP) is 3.62. The number of carbonyl (C=O) groups is 1. The normalized spacial score (nSPS) is 15.4. The van der Waals surface area contributed by atoms with Gasteiger partial charge in [0.25, 0.3) is 5.91 Å². The Morgan fingerprint density at radius 1 is 1.55 bits per heavy atom. The van der Waals surface area contributed by atoms with E-state index in [2.05, 4.69) is 25.6 Å². The lowest BCUT2D eigenvalue weighted by Gasteiger charge is -2.37. The SMILES string of the molecule is CCS(N)(NC(=O)c1cncs1)c1c(C)cccc1Br. The van der Waals surface area contributed by atoms with Crippen molar-refractivity contribution in [3.63, 3.8) is 0 Å². The summed E-state index contributed by atoms with van der Waals surface area (Å²) in [5.41, 5.74) is 2.71. The number of carbonyl (C=O) groups excluding carboxylic acids is 1. The molecule has 0 bridgehead atoms. The van der Waals surface area contributed by atoms with Crippen molar-refractivity contribution in [3.05, 3.63) is 44.8 Å². The van der Waals surface area contributed by atoms with Gasteiger partial charge in [-0.1, -0.05) is 29.5 Å². The molecule has 0 saturated heterocycles. The van der Waals surface area contributed by atoms with Crippen LogP contribution in [0.2, 0.25) is 0 Å². The van der Waals surface area contributed by atoms with E-state index in [9.17, 15) is 4.79 Å². The summed E-state index contributed by atoms with van der Waals surface area (Å²) >= 11 is 4.85. The van der Waals surface area contributed by atoms with Gasteiger partial charge in [-0.15, -0.1) is 11.3 Å². The number of halogens is 1. The fourth-order valence-electron chi connectivity index (χ4n) is 1.89. The fourth-order valence-corrected chi connectivity index (χ4v) is 5.84. The Labute approximate surface area is 132 Å². The summed E-state index contributed by atoms with van der Waals surface area (Å²) in [5, 5.41) is 6.53. The monoisotopic (exact) mass is 373 g/mol. The van der Waals surface area contributed by atoms with Crippen molar-refractivity contribution < 1.29 is 4.79 Å². The number of rotatable bonds is 4. The van der Waals surface area contributed by atoms with Gasteiger partial charge in [0.15, 0.2) is 0 Å². The summed E-state index contributed by atoms with van der Waals surface area (Å²) in [6.45, 7) is 3.99. The van der Waals surface area contributed by atoms with Gasteiger partial charge >= 0.3 is 0 Å². The van der Waals surface area contributed by atoms with E-state index in [-0.39, 0.29) is 5.91 Å². The van der Waals surface area contributed by atoms with Crippen molar-refractivity contribution in [1.82, 2.24) is 9.71 Å². The van der Waals surface area contributed by atoms with Crippen molar-refractivity contribution in [3.8, 4) is 0 Å². The Hall–Kier alpha value is -0.890. The molecule has 0 radical (unpaired) electrons. The number of thiazole rings is 1. The van der Waals surface area contributed by atoms with E-state index in [1.807, 2.05) is 32.0 Å². The summed E-state index contributed by atoms with van der Waals surface area (Å²) in [7, 11) is -1.91. The third-order valence-electron chi connectivity index (χ3n) is 2.91. The molecule has 2 aromatic rings. The molecule has 1 atom stereocenters. The molecule has 1 aromatic carbocycles. The molecule has 0 fully saturated rings. The number of hydrogen-bond donors (Lipinski definition) is 2. The molecule has 1 aromatic heterocycles. The number of aryl methyl sites for hydroxylation is 1. The summed E-state index contributed by atoms with van der Waals surface area (Å²) in [5.74, 6) is 0.503. The van der Waals surface area contributed by atoms with E-state index in [1.165, 1.54) is 11.3 Å². The Bertz CT molecular complexity index is 598. The number of nitrogens with one attached hydrogen (secondary N) is 1. The van der Waals surface area contributed by atoms with E-state index in [4.69, 9.17) is 5.14 Å². The zero-order chi connectivity index (χ0) is 14.8. The average molecular weight is 374 g/mol. The van der Waals surface area contributed by atoms with Gasteiger partial charge in [0.2, 0.25) is 0 Å². The Morgan fingerprint density at radius 2 is 2.30 bits per heavy atom. The molecule has 0 saturated carbocycles. The first kappa shape index (κ1) is 15.5. The number of nitrogens with zero attached hydrogens (tertiary/aromatic N) is 1. The van der Waals surface area contributed by atoms with Gasteiger partial charge in [0, 0.05) is 15.1 Å². The van der Waals surface area contributed by atoms with E-state index in [1.54, 1.807) is 11.7 Å². The van der Waals surface area contributed by atoms with Gasteiger partial charge in [-0.05, 0) is 34.5 Å². The van der Waals surface area contributed by atoms with Gasteiger partial charge in [-0.25, -0.2) is 0 Å². The maximum Gasteiger partial charge on any atom is 0.272 e. The second-order valence-electron chi connectivity index (χ2n) is 4.26. The Balaban J connectivity index is 2.37. The fraction of sp³-hybridized carbons (Fsp3) is 0.231. The zero-order valence-corrected chi connectivity index (χ0v) is 14.4. The molecule has 0 aliphatic rings. The van der Waals surface area contributed by atoms with E-state index >= 15 is 0 Å². The highest BCUT2D eigenvalue weighted by molar-refractivity contribution is 9.10. The molecule has 0 aliphatic heterocycles. The quantitative estimate of drug-likeness (QED) is 0.859. The molecule has 0 aliphatic carbocycles. The molecule has 0 spiro atoms. The van der Waals surface area contributed by atoms with Crippen molar-refractivity contribution in [2.75, 3.05) is 5.75 Å². The third-order valence-corrected chi connectivity index (χ3v) is 7.34. The predicted molar refractivity (Wildman–Crippen MR) is 89.0 cm³/mol. The smallest absolute Gasteiger partial charge is 0.272 e. The maximum absolute atomic E-state index is 12.3. The molecular weight excluding hydrogens is 358 g/mol. The van der Waals surface area contributed by atoms with E-state index in [0.717, 1.165) is 14.9 Å². The van der Waals surface area contributed by atoms with Crippen LogP contribution in [0.5, 0.6) is 0 Å². The van der Waals surface area contributed by atoms with Gasteiger partial charge < -0.3 is 0 Å². The van der Waals surface area contributed by atoms with Crippen LogP contribution in [-0.4, -0.2) is 16.6 Å². The van der Waals surface area contributed by atoms with E-state index in [0.29, 0.717) is 10.6 Å². The van der Waals surface area contributed by atoms with Gasteiger partial charge in [0.1, 0.15) is 4.88 Å². The maximum atomic E-state index is 12.3. The van der Waals surface area contributed by atoms with Crippen LogP contribution in [0.15, 0.2) is 39.3 Å². The number of benzene rings is 1. The molecule has 108 valence electrons. The van der Waals surface area contributed by atoms with Crippen LogP contribution < -0.4 is 9.86 Å². The van der Waals surface area contributed by atoms with Crippen molar-refractivity contribution in [2.24, 2.45) is 5.14 Å². The topological polar surface area (TPSA) is 68.0 Å². The number of aromatic nitrogens is 1. The average Bonchev–Trinajstić information content (AvgIpc) is 2.92. The third kappa shape index (κ3) is 3.06. The molecule has 7 heteroatoms. The molecule has 1 unspecified atom stereocenters. The minimum atomic E-state index is -1.91. The number of hydrogen-bond acceptors (Lipinski definition) is 4. The number of amides is 1. The Kier molecular flexibility index (Phi) is 4.85. The van der Waals surface area contributed by atoms with Crippen LogP contribution in [0.3, 0.4) is 0 Å². The molecular formula is C13H16BrN3OS2. The van der Waals surface area contributed by atoms with Gasteiger partial charge in [-0.2, -0.15) is 0 Å². The molecule has 1 amide bonds. The first-order valence-electron chi connectivity index (χ1n) is 6.02. The largest absolute Gasteiger partial charge is 0.298 e. The van der Waals surface area contributed by atoms with Crippen LogP contribution in [0, 0.1) is 6.92 Å². The van der Waals surface area contributed by atoms with Crippen LogP contribution in [0.1, 0.15) is 22.2 Å². The summed E-state index contributed by atoms with van der Waals surface area (Å²) in [4.78, 5) is 17.7. The van der Waals surface area contributed by atoms with Crippen molar-refractivity contribution in [1.29, 1.82) is 0 Å². The molecule has 3 N–H and O–H groups in total. The van der Waals surface area contributed by atoms with Crippen molar-refractivity contribution in [2.45, 2.75) is 18.7 Å². The van der Waals surface area contributed by atoms with E-state index < -0.39 is 10.4 Å². The Morgan fingerprint density at radius 3 is 2.85 bits per heavy atom. The molecule has 1 heterocycles. The highest BCUT2D eigenvalue weighted by atomic mass is 79.9. The first-order valence-corrected chi connectivity index (χ1v) is 9.56. The minimum absolute atomic E-state index is 0.165. The van der Waals surface area contributed by atoms with Crippen LogP contribution in [0.25, 0.3) is 0 Å². The molecule has 4 nitrogen and oxygen atoms in total. The summed E-state index contributed by atoms with van der Waals surface area (Å²) < 4.78 is 3.94. The highest BCUT2D eigenvalue weighted by Gasteiger charge is 2.26. The molecule has 2 rings (SSSR count). The lowest BCUT2D eigenvalue weighted by atomic mass is 10.2. The molecule has 20 heavy (non-hydrogen) atoms. The van der Waals surface area contributed by atoms with Crippen LogP contribution >= 0.6 is 37.7 Å². The van der Waals surface area contributed by atoms with Crippen LogP contribution in [-0.2, 0) is 0 Å².